The van der Waals surface area contributed by atoms with Gasteiger partial charge in [-0.1, -0.05) is 18.2 Å². The topological polar surface area (TPSA) is 38.0 Å². The SMILES string of the molecule is Cc1cccc(CNC2CCC(N)CC2)c1C. The molecular formula is C15H24N2. The fourth-order valence-corrected chi connectivity index (χ4v) is 2.58. The summed E-state index contributed by atoms with van der Waals surface area (Å²) in [5.74, 6) is 0. The van der Waals surface area contributed by atoms with Crippen LogP contribution in [0.4, 0.5) is 0 Å². The van der Waals surface area contributed by atoms with Crippen molar-refractivity contribution in [3.05, 3.63) is 34.9 Å². The van der Waals surface area contributed by atoms with E-state index < -0.39 is 0 Å². The van der Waals surface area contributed by atoms with E-state index in [0.29, 0.717) is 12.1 Å². The summed E-state index contributed by atoms with van der Waals surface area (Å²) in [7, 11) is 0. The van der Waals surface area contributed by atoms with Gasteiger partial charge >= 0.3 is 0 Å². The molecule has 1 aliphatic carbocycles. The summed E-state index contributed by atoms with van der Waals surface area (Å²) in [5.41, 5.74) is 10.2. The maximum atomic E-state index is 5.92. The third-order valence-corrected chi connectivity index (χ3v) is 4.07. The highest BCUT2D eigenvalue weighted by Crippen LogP contribution is 2.18. The van der Waals surface area contributed by atoms with Crippen LogP contribution in [0.2, 0.25) is 0 Å². The number of nitrogens with one attached hydrogen (secondary N) is 1. The average molecular weight is 232 g/mol. The van der Waals surface area contributed by atoms with Crippen LogP contribution in [-0.2, 0) is 6.54 Å². The van der Waals surface area contributed by atoms with Gasteiger partial charge in [-0.3, -0.25) is 0 Å². The summed E-state index contributed by atoms with van der Waals surface area (Å²) in [4.78, 5) is 0. The molecule has 0 radical (unpaired) electrons. The van der Waals surface area contributed by atoms with E-state index in [0.717, 1.165) is 6.54 Å². The Morgan fingerprint density at radius 1 is 1.18 bits per heavy atom. The molecule has 2 rings (SSSR count). The first kappa shape index (κ1) is 12.6. The third kappa shape index (κ3) is 3.30. The number of rotatable bonds is 3. The van der Waals surface area contributed by atoms with E-state index in [1.807, 2.05) is 0 Å². The van der Waals surface area contributed by atoms with Gasteiger partial charge in [0.2, 0.25) is 0 Å². The van der Waals surface area contributed by atoms with Gasteiger partial charge in [-0.2, -0.15) is 0 Å². The molecule has 1 aliphatic rings. The van der Waals surface area contributed by atoms with Crippen LogP contribution in [0.1, 0.15) is 42.4 Å². The lowest BCUT2D eigenvalue weighted by Crippen LogP contribution is -2.37. The van der Waals surface area contributed by atoms with E-state index in [2.05, 4.69) is 37.4 Å². The van der Waals surface area contributed by atoms with Crippen LogP contribution in [0.5, 0.6) is 0 Å². The Kier molecular flexibility index (Phi) is 4.19. The number of hydrogen-bond donors (Lipinski definition) is 2. The minimum atomic E-state index is 0.439. The third-order valence-electron chi connectivity index (χ3n) is 4.07. The zero-order valence-corrected chi connectivity index (χ0v) is 11.0. The molecule has 0 amide bonds. The van der Waals surface area contributed by atoms with Gasteiger partial charge in [-0.15, -0.1) is 0 Å². The van der Waals surface area contributed by atoms with Gasteiger partial charge in [0.05, 0.1) is 0 Å². The summed E-state index contributed by atoms with van der Waals surface area (Å²) >= 11 is 0. The molecule has 0 bridgehead atoms. The largest absolute Gasteiger partial charge is 0.328 e. The van der Waals surface area contributed by atoms with Crippen LogP contribution in [0, 0.1) is 13.8 Å². The van der Waals surface area contributed by atoms with Crippen LogP contribution >= 0.6 is 0 Å². The number of benzene rings is 1. The molecule has 1 aromatic carbocycles. The molecule has 2 heteroatoms. The van der Waals surface area contributed by atoms with Crippen molar-refractivity contribution in [2.75, 3.05) is 0 Å². The van der Waals surface area contributed by atoms with Crippen LogP contribution in [0.3, 0.4) is 0 Å². The molecule has 2 nitrogen and oxygen atoms in total. The summed E-state index contributed by atoms with van der Waals surface area (Å²) in [6.45, 7) is 5.38. The molecule has 17 heavy (non-hydrogen) atoms. The minimum Gasteiger partial charge on any atom is -0.328 e. The second-order valence-electron chi connectivity index (χ2n) is 5.35. The Bertz CT molecular complexity index is 365. The van der Waals surface area contributed by atoms with Crippen molar-refractivity contribution in [1.29, 1.82) is 0 Å². The van der Waals surface area contributed by atoms with Crippen molar-refractivity contribution in [1.82, 2.24) is 5.32 Å². The molecule has 0 spiro atoms. The average Bonchev–Trinajstić information content (AvgIpc) is 2.33. The molecule has 1 saturated carbocycles. The van der Waals surface area contributed by atoms with Crippen molar-refractivity contribution < 1.29 is 0 Å². The molecule has 3 N–H and O–H groups in total. The second-order valence-corrected chi connectivity index (χ2v) is 5.35. The van der Waals surface area contributed by atoms with Gasteiger partial charge in [0.25, 0.3) is 0 Å². The Morgan fingerprint density at radius 2 is 1.88 bits per heavy atom. The predicted octanol–water partition coefficient (Wildman–Crippen LogP) is 2.66. The smallest absolute Gasteiger partial charge is 0.0210 e. The lowest BCUT2D eigenvalue weighted by atomic mass is 9.91. The predicted molar refractivity (Wildman–Crippen MR) is 73.0 cm³/mol. The fraction of sp³-hybridized carbons (Fsp3) is 0.600. The van der Waals surface area contributed by atoms with Crippen LogP contribution in [0.25, 0.3) is 0 Å². The molecule has 0 atom stereocenters. The Labute approximate surface area is 105 Å². The van der Waals surface area contributed by atoms with E-state index in [9.17, 15) is 0 Å². The normalized spacial score (nSPS) is 24.9. The molecule has 94 valence electrons. The van der Waals surface area contributed by atoms with E-state index in [4.69, 9.17) is 5.73 Å². The summed E-state index contributed by atoms with van der Waals surface area (Å²) in [5, 5.41) is 3.67. The Morgan fingerprint density at radius 3 is 2.59 bits per heavy atom. The first-order valence-electron chi connectivity index (χ1n) is 6.71. The molecule has 0 aliphatic heterocycles. The summed E-state index contributed by atoms with van der Waals surface area (Å²) in [6.07, 6.45) is 4.80. The van der Waals surface area contributed by atoms with E-state index >= 15 is 0 Å². The van der Waals surface area contributed by atoms with Crippen LogP contribution < -0.4 is 11.1 Å². The highest BCUT2D eigenvalue weighted by molar-refractivity contribution is 5.32. The fourth-order valence-electron chi connectivity index (χ4n) is 2.58. The molecule has 0 saturated heterocycles. The van der Waals surface area contributed by atoms with Gasteiger partial charge in [0.1, 0.15) is 0 Å². The highest BCUT2D eigenvalue weighted by atomic mass is 14.9. The summed E-state index contributed by atoms with van der Waals surface area (Å²) < 4.78 is 0. The monoisotopic (exact) mass is 232 g/mol. The highest BCUT2D eigenvalue weighted by Gasteiger charge is 2.17. The van der Waals surface area contributed by atoms with Gasteiger partial charge in [0.15, 0.2) is 0 Å². The van der Waals surface area contributed by atoms with Crippen molar-refractivity contribution in [3.63, 3.8) is 0 Å². The van der Waals surface area contributed by atoms with Gasteiger partial charge in [-0.05, 0) is 56.2 Å². The Hall–Kier alpha value is -0.860. The van der Waals surface area contributed by atoms with Crippen LogP contribution in [-0.4, -0.2) is 12.1 Å². The quantitative estimate of drug-likeness (QED) is 0.841. The van der Waals surface area contributed by atoms with Gasteiger partial charge in [-0.25, -0.2) is 0 Å². The molecule has 0 aromatic heterocycles. The van der Waals surface area contributed by atoms with E-state index in [-0.39, 0.29) is 0 Å². The molecule has 0 heterocycles. The van der Waals surface area contributed by atoms with E-state index in [1.54, 1.807) is 0 Å². The number of nitrogens with two attached hydrogens (primary N) is 1. The molecule has 1 aromatic rings. The second kappa shape index (κ2) is 5.65. The van der Waals surface area contributed by atoms with Crippen LogP contribution in [0.15, 0.2) is 18.2 Å². The van der Waals surface area contributed by atoms with E-state index in [1.165, 1.54) is 42.4 Å². The van der Waals surface area contributed by atoms with Gasteiger partial charge < -0.3 is 11.1 Å². The minimum absolute atomic E-state index is 0.439. The number of aryl methyl sites for hydroxylation is 1. The maximum absolute atomic E-state index is 5.92. The zero-order valence-electron chi connectivity index (χ0n) is 11.0. The van der Waals surface area contributed by atoms with Crippen molar-refractivity contribution in [2.45, 2.75) is 58.2 Å². The van der Waals surface area contributed by atoms with Gasteiger partial charge in [0, 0.05) is 18.6 Å². The Balaban J connectivity index is 1.87. The summed E-state index contributed by atoms with van der Waals surface area (Å²) in [6, 6.07) is 7.65. The lowest BCUT2D eigenvalue weighted by molar-refractivity contribution is 0.341. The molecular weight excluding hydrogens is 208 g/mol. The number of hydrogen-bond acceptors (Lipinski definition) is 2. The van der Waals surface area contributed by atoms with Crippen molar-refractivity contribution in [2.24, 2.45) is 5.73 Å². The van der Waals surface area contributed by atoms with Crippen molar-refractivity contribution in [3.8, 4) is 0 Å². The maximum Gasteiger partial charge on any atom is 0.0210 e. The van der Waals surface area contributed by atoms with Crippen molar-refractivity contribution >= 4 is 0 Å². The first-order valence-corrected chi connectivity index (χ1v) is 6.71. The first-order chi connectivity index (χ1) is 8.16. The standard InChI is InChI=1S/C15H24N2/c1-11-4-3-5-13(12(11)2)10-17-15-8-6-14(16)7-9-15/h3-5,14-15,17H,6-10,16H2,1-2H3. The molecule has 0 unspecified atom stereocenters. The lowest BCUT2D eigenvalue weighted by Gasteiger charge is -2.27. The molecule has 1 fully saturated rings. The zero-order chi connectivity index (χ0) is 12.3.